The van der Waals surface area contributed by atoms with Crippen molar-refractivity contribution in [1.82, 2.24) is 10.3 Å². The van der Waals surface area contributed by atoms with Gasteiger partial charge >= 0.3 is 0 Å². The third-order valence-electron chi connectivity index (χ3n) is 2.22. The van der Waals surface area contributed by atoms with Crippen molar-refractivity contribution in [3.05, 3.63) is 30.1 Å². The second-order valence-corrected chi connectivity index (χ2v) is 3.88. The Morgan fingerprint density at radius 1 is 1.65 bits per heavy atom. The minimum atomic E-state index is 0.169. The molecule has 0 amide bonds. The van der Waals surface area contributed by atoms with Crippen LogP contribution >= 0.6 is 0 Å². The van der Waals surface area contributed by atoms with E-state index in [1.165, 1.54) is 0 Å². The van der Waals surface area contributed by atoms with Crippen molar-refractivity contribution >= 4 is 5.96 Å². The van der Waals surface area contributed by atoms with Gasteiger partial charge in [-0.3, -0.25) is 9.98 Å². The summed E-state index contributed by atoms with van der Waals surface area (Å²) in [5, 5.41) is 3.05. The summed E-state index contributed by atoms with van der Waals surface area (Å²) < 4.78 is 5.00. The second kappa shape index (κ2) is 7.62. The molecule has 1 rings (SSSR count). The molecule has 0 aliphatic carbocycles. The van der Waals surface area contributed by atoms with Crippen LogP contribution in [0, 0.1) is 0 Å². The van der Waals surface area contributed by atoms with Crippen LogP contribution in [0.3, 0.4) is 0 Å². The molecule has 1 aromatic heterocycles. The number of pyridine rings is 1. The van der Waals surface area contributed by atoms with Gasteiger partial charge < -0.3 is 15.8 Å². The van der Waals surface area contributed by atoms with E-state index in [1.54, 1.807) is 13.3 Å². The minimum Gasteiger partial charge on any atom is -0.383 e. The topological polar surface area (TPSA) is 72.5 Å². The van der Waals surface area contributed by atoms with Crippen LogP contribution in [0.15, 0.2) is 29.5 Å². The molecule has 94 valence electrons. The molecule has 5 heteroatoms. The molecule has 0 aliphatic rings. The number of aliphatic imine (C=N–C) groups is 1. The lowest BCUT2D eigenvalue weighted by molar-refractivity contribution is 0.179. The maximum Gasteiger partial charge on any atom is 0.188 e. The first-order valence-electron chi connectivity index (χ1n) is 5.66. The third kappa shape index (κ3) is 5.87. The molecule has 0 spiro atoms. The zero-order valence-electron chi connectivity index (χ0n) is 10.4. The summed E-state index contributed by atoms with van der Waals surface area (Å²) in [7, 11) is 1.66. The van der Waals surface area contributed by atoms with E-state index in [9.17, 15) is 0 Å². The molecule has 1 heterocycles. The van der Waals surface area contributed by atoms with Gasteiger partial charge in [-0.05, 0) is 25.0 Å². The Bertz CT molecular complexity index is 340. The Hall–Kier alpha value is -1.62. The standard InChI is InChI=1S/C12H20N4O/c1-10(9-17-2)16-12(13)15-7-5-11-4-3-6-14-8-11/h3-4,6,8,10H,5,7,9H2,1-2H3,(H3,13,15,16). The zero-order valence-corrected chi connectivity index (χ0v) is 10.4. The number of nitrogens with two attached hydrogens (primary N) is 1. The van der Waals surface area contributed by atoms with E-state index < -0.39 is 0 Å². The number of hydrogen-bond donors (Lipinski definition) is 2. The molecule has 0 fully saturated rings. The highest BCUT2D eigenvalue weighted by Crippen LogP contribution is 1.96. The molecule has 0 saturated carbocycles. The van der Waals surface area contributed by atoms with Gasteiger partial charge in [0, 0.05) is 32.1 Å². The Morgan fingerprint density at radius 2 is 2.47 bits per heavy atom. The van der Waals surface area contributed by atoms with E-state index in [0.717, 1.165) is 12.0 Å². The average molecular weight is 236 g/mol. The van der Waals surface area contributed by atoms with Crippen molar-refractivity contribution in [2.75, 3.05) is 20.3 Å². The highest BCUT2D eigenvalue weighted by atomic mass is 16.5. The lowest BCUT2D eigenvalue weighted by Crippen LogP contribution is -2.40. The highest BCUT2D eigenvalue weighted by molar-refractivity contribution is 5.78. The molecule has 5 nitrogen and oxygen atoms in total. The molecule has 0 bridgehead atoms. The summed E-state index contributed by atoms with van der Waals surface area (Å²) in [5.41, 5.74) is 6.90. The molecule has 1 atom stereocenters. The largest absolute Gasteiger partial charge is 0.383 e. The van der Waals surface area contributed by atoms with Crippen LogP contribution in [0.25, 0.3) is 0 Å². The normalized spacial score (nSPS) is 13.4. The van der Waals surface area contributed by atoms with Gasteiger partial charge in [0.05, 0.1) is 6.61 Å². The van der Waals surface area contributed by atoms with E-state index >= 15 is 0 Å². The predicted molar refractivity (Wildman–Crippen MR) is 68.9 cm³/mol. The van der Waals surface area contributed by atoms with Crippen molar-refractivity contribution in [2.24, 2.45) is 10.7 Å². The molecular formula is C12H20N4O. The van der Waals surface area contributed by atoms with Crippen molar-refractivity contribution in [1.29, 1.82) is 0 Å². The highest BCUT2D eigenvalue weighted by Gasteiger charge is 2.00. The third-order valence-corrected chi connectivity index (χ3v) is 2.22. The molecule has 1 unspecified atom stereocenters. The van der Waals surface area contributed by atoms with E-state index in [-0.39, 0.29) is 6.04 Å². The number of nitrogens with zero attached hydrogens (tertiary/aromatic N) is 2. The molecule has 0 saturated heterocycles. The Kier molecular flexibility index (Phi) is 6.03. The molecule has 1 aromatic rings. The Labute approximate surface area is 102 Å². The van der Waals surface area contributed by atoms with Gasteiger partial charge in [-0.15, -0.1) is 0 Å². The summed E-state index contributed by atoms with van der Waals surface area (Å²) >= 11 is 0. The fourth-order valence-electron chi connectivity index (χ4n) is 1.44. The smallest absolute Gasteiger partial charge is 0.188 e. The first-order chi connectivity index (χ1) is 8.22. The maximum absolute atomic E-state index is 5.74. The first-order valence-corrected chi connectivity index (χ1v) is 5.66. The van der Waals surface area contributed by atoms with Crippen molar-refractivity contribution in [3.8, 4) is 0 Å². The molecule has 0 aliphatic heterocycles. The van der Waals surface area contributed by atoms with Crippen molar-refractivity contribution in [2.45, 2.75) is 19.4 Å². The van der Waals surface area contributed by atoms with Crippen LogP contribution in [0.4, 0.5) is 0 Å². The van der Waals surface area contributed by atoms with Crippen LogP contribution < -0.4 is 11.1 Å². The van der Waals surface area contributed by atoms with Gasteiger partial charge in [-0.25, -0.2) is 0 Å². The number of nitrogens with one attached hydrogen (secondary N) is 1. The fraction of sp³-hybridized carbons (Fsp3) is 0.500. The van der Waals surface area contributed by atoms with Gasteiger partial charge in [0.25, 0.3) is 0 Å². The van der Waals surface area contributed by atoms with Crippen LogP contribution in [0.2, 0.25) is 0 Å². The van der Waals surface area contributed by atoms with E-state index in [1.807, 2.05) is 25.3 Å². The summed E-state index contributed by atoms with van der Waals surface area (Å²) in [5.74, 6) is 0.457. The van der Waals surface area contributed by atoms with Gasteiger partial charge in [0.15, 0.2) is 5.96 Å². The number of aromatic nitrogens is 1. The van der Waals surface area contributed by atoms with Crippen LogP contribution in [0.5, 0.6) is 0 Å². The van der Waals surface area contributed by atoms with E-state index in [2.05, 4.69) is 15.3 Å². The second-order valence-electron chi connectivity index (χ2n) is 3.88. The van der Waals surface area contributed by atoms with Gasteiger partial charge in [-0.2, -0.15) is 0 Å². The Morgan fingerprint density at radius 3 is 3.12 bits per heavy atom. The average Bonchev–Trinajstić information content (AvgIpc) is 2.30. The molecule has 17 heavy (non-hydrogen) atoms. The molecular weight excluding hydrogens is 216 g/mol. The fourth-order valence-corrected chi connectivity index (χ4v) is 1.44. The SMILES string of the molecule is COCC(C)NC(N)=NCCc1cccnc1. The van der Waals surface area contributed by atoms with Crippen molar-refractivity contribution < 1.29 is 4.74 Å². The lowest BCUT2D eigenvalue weighted by Gasteiger charge is -2.12. The molecule has 3 N–H and O–H groups in total. The van der Waals surface area contributed by atoms with E-state index in [4.69, 9.17) is 10.5 Å². The minimum absolute atomic E-state index is 0.169. The van der Waals surface area contributed by atoms with Gasteiger partial charge in [0.2, 0.25) is 0 Å². The van der Waals surface area contributed by atoms with Gasteiger partial charge in [0.1, 0.15) is 0 Å². The van der Waals surface area contributed by atoms with Crippen LogP contribution in [-0.2, 0) is 11.2 Å². The number of rotatable bonds is 6. The lowest BCUT2D eigenvalue weighted by atomic mass is 10.2. The number of methoxy groups -OCH3 is 1. The molecule has 0 radical (unpaired) electrons. The van der Waals surface area contributed by atoms with E-state index in [0.29, 0.717) is 19.1 Å². The quantitative estimate of drug-likeness (QED) is 0.559. The monoisotopic (exact) mass is 236 g/mol. The van der Waals surface area contributed by atoms with Crippen LogP contribution in [-0.4, -0.2) is 37.2 Å². The first kappa shape index (κ1) is 13.4. The number of ether oxygens (including phenoxy) is 1. The summed E-state index contributed by atoms with van der Waals surface area (Å²) in [6, 6.07) is 4.11. The van der Waals surface area contributed by atoms with Gasteiger partial charge in [-0.1, -0.05) is 6.07 Å². The summed E-state index contributed by atoms with van der Waals surface area (Å²) in [4.78, 5) is 8.28. The predicted octanol–water partition coefficient (Wildman–Crippen LogP) is 0.563. The van der Waals surface area contributed by atoms with Crippen molar-refractivity contribution in [3.63, 3.8) is 0 Å². The number of guanidine groups is 1. The maximum atomic E-state index is 5.74. The summed E-state index contributed by atoms with van der Waals surface area (Å²) in [6.45, 7) is 3.26. The number of hydrogen-bond acceptors (Lipinski definition) is 3. The molecule has 0 aromatic carbocycles. The Balaban J connectivity index is 2.28. The summed E-state index contributed by atoms with van der Waals surface area (Å²) in [6.07, 6.45) is 4.44. The van der Waals surface area contributed by atoms with Crippen LogP contribution in [0.1, 0.15) is 12.5 Å². The zero-order chi connectivity index (χ0) is 12.5.